The van der Waals surface area contributed by atoms with Gasteiger partial charge in [0.2, 0.25) is 0 Å². The van der Waals surface area contributed by atoms with Crippen molar-refractivity contribution in [2.75, 3.05) is 0 Å². The summed E-state index contributed by atoms with van der Waals surface area (Å²) in [7, 11) is 0. The number of Topliss-reactive ketones (excluding diaryl/α,β-unsaturated/α-hetero) is 1. The highest BCUT2D eigenvalue weighted by atomic mass is 16.1. The average molecular weight is 352 g/mol. The number of aromatic nitrogens is 1. The van der Waals surface area contributed by atoms with E-state index < -0.39 is 0 Å². The molecule has 0 aromatic carbocycles. The lowest BCUT2D eigenvalue weighted by molar-refractivity contribution is -0.137. The van der Waals surface area contributed by atoms with Crippen LogP contribution >= 0.6 is 0 Å². The van der Waals surface area contributed by atoms with Crippen LogP contribution in [0.3, 0.4) is 0 Å². The molecule has 4 aliphatic rings. The molecule has 6 atom stereocenters. The Morgan fingerprint density at radius 2 is 1.96 bits per heavy atom. The summed E-state index contributed by atoms with van der Waals surface area (Å²) in [5.41, 5.74) is 2.61. The standard InChI is InChI=1S/C24H33NO/c1-23-11-4-3-6-17(23)8-9-19-20(23)10-12-24(2)21(19)15-16(22(24)26)14-18-7-5-13-25-18/h5,7,13-14,17,19-21,25H,3-4,6,8-12,15H2,1-2H3/b16-14+/t17-,19+,20-,21-,23+,24-/m1/s1. The van der Waals surface area contributed by atoms with E-state index in [0.717, 1.165) is 41.9 Å². The Bertz CT molecular complexity index is 731. The van der Waals surface area contributed by atoms with Crippen molar-refractivity contribution in [1.29, 1.82) is 0 Å². The highest BCUT2D eigenvalue weighted by molar-refractivity contribution is 6.05. The first-order valence-electron chi connectivity index (χ1n) is 10.9. The number of hydrogen-bond donors (Lipinski definition) is 1. The Hall–Kier alpha value is -1.31. The molecule has 26 heavy (non-hydrogen) atoms. The molecule has 0 saturated heterocycles. The smallest absolute Gasteiger partial charge is 0.165 e. The van der Waals surface area contributed by atoms with Gasteiger partial charge >= 0.3 is 0 Å². The first-order chi connectivity index (χ1) is 12.5. The van der Waals surface area contributed by atoms with Crippen molar-refractivity contribution in [1.82, 2.24) is 4.98 Å². The Balaban J connectivity index is 1.47. The largest absolute Gasteiger partial charge is 0.362 e. The molecule has 2 nitrogen and oxygen atoms in total. The molecule has 0 unspecified atom stereocenters. The second-order valence-electron chi connectivity index (χ2n) is 10.2. The van der Waals surface area contributed by atoms with Gasteiger partial charge < -0.3 is 4.98 Å². The van der Waals surface area contributed by atoms with Gasteiger partial charge in [0.05, 0.1) is 0 Å². The Labute approximate surface area is 157 Å². The van der Waals surface area contributed by atoms with Crippen molar-refractivity contribution in [3.8, 4) is 0 Å². The van der Waals surface area contributed by atoms with Gasteiger partial charge in [-0.2, -0.15) is 0 Å². The zero-order valence-corrected chi connectivity index (χ0v) is 16.4. The molecule has 4 fully saturated rings. The molecule has 1 N–H and O–H groups in total. The Morgan fingerprint density at radius 1 is 1.08 bits per heavy atom. The van der Waals surface area contributed by atoms with Crippen LogP contribution in [0, 0.1) is 34.5 Å². The number of fused-ring (bicyclic) bond motifs is 5. The third kappa shape index (κ3) is 2.26. The van der Waals surface area contributed by atoms with Gasteiger partial charge in [-0.15, -0.1) is 0 Å². The quantitative estimate of drug-likeness (QED) is 0.617. The van der Waals surface area contributed by atoms with Gasteiger partial charge in [-0.25, -0.2) is 0 Å². The zero-order chi connectivity index (χ0) is 17.9. The van der Waals surface area contributed by atoms with Crippen LogP contribution < -0.4 is 0 Å². The van der Waals surface area contributed by atoms with Crippen molar-refractivity contribution < 1.29 is 4.79 Å². The van der Waals surface area contributed by atoms with E-state index in [1.165, 1.54) is 44.9 Å². The first kappa shape index (κ1) is 16.8. The second kappa shape index (κ2) is 5.84. The van der Waals surface area contributed by atoms with Gasteiger partial charge in [0.1, 0.15) is 0 Å². The van der Waals surface area contributed by atoms with Crippen LogP contribution in [0.15, 0.2) is 23.9 Å². The molecule has 0 spiro atoms. The van der Waals surface area contributed by atoms with Gasteiger partial charge in [-0.05, 0) is 97.8 Å². The van der Waals surface area contributed by atoms with Crippen molar-refractivity contribution in [2.45, 2.75) is 71.6 Å². The van der Waals surface area contributed by atoms with E-state index in [1.54, 1.807) is 0 Å². The van der Waals surface area contributed by atoms with Crippen LogP contribution in [-0.4, -0.2) is 10.8 Å². The fraction of sp³-hybridized carbons (Fsp3) is 0.708. The predicted molar refractivity (Wildman–Crippen MR) is 106 cm³/mol. The summed E-state index contributed by atoms with van der Waals surface area (Å²) in [6, 6.07) is 4.09. The van der Waals surface area contributed by atoms with Crippen LogP contribution in [0.4, 0.5) is 0 Å². The molecule has 0 amide bonds. The zero-order valence-electron chi connectivity index (χ0n) is 16.4. The van der Waals surface area contributed by atoms with Crippen LogP contribution in [0.2, 0.25) is 0 Å². The summed E-state index contributed by atoms with van der Waals surface area (Å²) in [5.74, 6) is 3.61. The first-order valence-corrected chi connectivity index (χ1v) is 10.9. The van der Waals surface area contributed by atoms with Gasteiger partial charge in [0.25, 0.3) is 0 Å². The topological polar surface area (TPSA) is 32.9 Å². The maximum Gasteiger partial charge on any atom is 0.165 e. The van der Waals surface area contributed by atoms with Crippen molar-refractivity contribution >= 4 is 11.9 Å². The third-order valence-corrected chi connectivity index (χ3v) is 9.17. The van der Waals surface area contributed by atoms with E-state index in [9.17, 15) is 4.79 Å². The molecule has 0 radical (unpaired) electrons. The molecule has 4 aliphatic carbocycles. The molecule has 0 aliphatic heterocycles. The number of hydrogen-bond acceptors (Lipinski definition) is 1. The van der Waals surface area contributed by atoms with Crippen molar-refractivity contribution in [3.05, 3.63) is 29.6 Å². The summed E-state index contributed by atoms with van der Waals surface area (Å²) >= 11 is 0. The SMILES string of the molecule is C[C@]12CCCC[C@@H]1CC[C@H]1[C@H]2CC[C@@]2(C)C(=O)/C(=C/c3ccc[nH]3)C[C@H]12. The van der Waals surface area contributed by atoms with Crippen LogP contribution in [0.1, 0.15) is 77.3 Å². The highest BCUT2D eigenvalue weighted by Gasteiger charge is 2.60. The number of nitrogens with one attached hydrogen (secondary N) is 1. The molecule has 1 aromatic heterocycles. The van der Waals surface area contributed by atoms with E-state index in [-0.39, 0.29) is 5.41 Å². The molecule has 2 heteroatoms. The molecule has 1 aromatic rings. The lowest BCUT2D eigenvalue weighted by Gasteiger charge is -2.59. The van der Waals surface area contributed by atoms with Crippen LogP contribution in [-0.2, 0) is 4.79 Å². The fourth-order valence-electron chi connectivity index (χ4n) is 7.72. The second-order valence-corrected chi connectivity index (χ2v) is 10.2. The number of carbonyl (C=O) groups is 1. The number of H-pyrrole nitrogens is 1. The van der Waals surface area contributed by atoms with Gasteiger partial charge in [0, 0.05) is 17.3 Å². The summed E-state index contributed by atoms with van der Waals surface area (Å²) in [6.45, 7) is 4.91. The van der Waals surface area contributed by atoms with E-state index in [0.29, 0.717) is 17.1 Å². The van der Waals surface area contributed by atoms with Crippen LogP contribution in [0.5, 0.6) is 0 Å². The summed E-state index contributed by atoms with van der Waals surface area (Å²) in [6.07, 6.45) is 16.0. The number of rotatable bonds is 1. The third-order valence-electron chi connectivity index (χ3n) is 9.17. The minimum Gasteiger partial charge on any atom is -0.362 e. The van der Waals surface area contributed by atoms with E-state index in [2.05, 4.69) is 31.0 Å². The lowest BCUT2D eigenvalue weighted by atomic mass is 9.45. The minimum atomic E-state index is -0.0997. The van der Waals surface area contributed by atoms with Gasteiger partial charge in [-0.1, -0.05) is 26.7 Å². The summed E-state index contributed by atoms with van der Waals surface area (Å²) < 4.78 is 0. The fourth-order valence-corrected chi connectivity index (χ4v) is 7.72. The monoisotopic (exact) mass is 351 g/mol. The number of carbonyl (C=O) groups excluding carboxylic acids is 1. The Morgan fingerprint density at radius 3 is 2.77 bits per heavy atom. The van der Waals surface area contributed by atoms with Crippen molar-refractivity contribution in [3.63, 3.8) is 0 Å². The predicted octanol–water partition coefficient (Wildman–Crippen LogP) is 6.01. The van der Waals surface area contributed by atoms with Crippen molar-refractivity contribution in [2.24, 2.45) is 34.5 Å². The molecular formula is C24H33NO. The molecule has 5 rings (SSSR count). The maximum absolute atomic E-state index is 13.3. The molecule has 140 valence electrons. The normalized spacial score (nSPS) is 46.7. The number of aromatic amines is 1. The Kier molecular flexibility index (Phi) is 3.78. The highest BCUT2D eigenvalue weighted by Crippen LogP contribution is 2.66. The summed E-state index contributed by atoms with van der Waals surface area (Å²) in [4.78, 5) is 16.6. The minimum absolute atomic E-state index is 0.0997. The average Bonchev–Trinajstić information content (AvgIpc) is 3.23. The molecular weight excluding hydrogens is 318 g/mol. The van der Waals surface area contributed by atoms with E-state index >= 15 is 0 Å². The lowest BCUT2D eigenvalue weighted by Crippen LogP contribution is -2.52. The van der Waals surface area contributed by atoms with Crippen LogP contribution in [0.25, 0.3) is 6.08 Å². The maximum atomic E-state index is 13.3. The number of allylic oxidation sites excluding steroid dienone is 1. The van der Waals surface area contributed by atoms with Gasteiger partial charge in [-0.3, -0.25) is 4.79 Å². The van der Waals surface area contributed by atoms with E-state index in [4.69, 9.17) is 0 Å². The molecule has 1 heterocycles. The van der Waals surface area contributed by atoms with Gasteiger partial charge in [0.15, 0.2) is 5.78 Å². The summed E-state index contributed by atoms with van der Waals surface area (Å²) in [5, 5.41) is 0. The number of ketones is 1. The molecule has 4 saturated carbocycles. The molecule has 0 bridgehead atoms. The van der Waals surface area contributed by atoms with E-state index in [1.807, 2.05) is 12.3 Å².